The van der Waals surface area contributed by atoms with E-state index in [1.165, 1.54) is 22.9 Å². The summed E-state index contributed by atoms with van der Waals surface area (Å²) in [6.45, 7) is 0. The van der Waals surface area contributed by atoms with Crippen molar-refractivity contribution in [3.63, 3.8) is 0 Å². The molecule has 3 heterocycles. The van der Waals surface area contributed by atoms with Crippen LogP contribution < -0.4 is 5.32 Å². The number of β-lactam (4-membered cyclic amide) rings is 1. The fraction of sp³-hybridized carbons (Fsp3) is 0.167. The first-order valence-corrected chi connectivity index (χ1v) is 13.7. The lowest BCUT2D eigenvalue weighted by Crippen LogP contribution is -2.73. The molecule has 3 atom stereocenters. The van der Waals surface area contributed by atoms with Crippen molar-refractivity contribution in [3.05, 3.63) is 125 Å². The fourth-order valence-corrected chi connectivity index (χ4v) is 6.18. The Hall–Kier alpha value is -4.70. The molecule has 2 unspecified atom stereocenters. The van der Waals surface area contributed by atoms with Gasteiger partial charge in [-0.3, -0.25) is 9.59 Å². The molecule has 0 saturated carbocycles. The minimum atomic E-state index is -1.05. The summed E-state index contributed by atoms with van der Waals surface area (Å²) in [4.78, 5) is 41.6. The maximum Gasteiger partial charge on any atom is 0.334 e. The van der Waals surface area contributed by atoms with E-state index in [2.05, 4.69) is 20.7 Å². The van der Waals surface area contributed by atoms with E-state index in [4.69, 9.17) is 4.74 Å². The zero-order valence-corrected chi connectivity index (χ0v) is 22.0. The summed E-state index contributed by atoms with van der Waals surface area (Å²) in [5.74, 6) is -1.21. The Morgan fingerprint density at radius 3 is 2.17 bits per heavy atom. The first-order valence-electron chi connectivity index (χ1n) is 12.8. The van der Waals surface area contributed by atoms with E-state index in [1.54, 1.807) is 5.41 Å². The largest absolute Gasteiger partial charge is 0.451 e. The number of rotatable bonds is 8. The number of hydrogen-bond acceptors (Lipinski definition) is 7. The lowest BCUT2D eigenvalue weighted by Gasteiger charge is -2.51. The normalized spacial score (nSPS) is 19.8. The van der Waals surface area contributed by atoms with E-state index >= 15 is 0 Å². The highest BCUT2D eigenvalue weighted by Crippen LogP contribution is 2.43. The molecule has 200 valence electrons. The Kier molecular flexibility index (Phi) is 7.15. The number of benzene rings is 3. The van der Waals surface area contributed by atoms with Gasteiger partial charge in [0.2, 0.25) is 11.8 Å². The number of carbonyl (C=O) groups is 3. The topological polar surface area (TPSA) is 117 Å². The first-order chi connectivity index (χ1) is 19.6. The molecular formula is C30H25N5O4S. The van der Waals surface area contributed by atoms with E-state index in [0.717, 1.165) is 16.7 Å². The molecule has 0 radical (unpaired) electrons. The molecule has 3 aromatic carbocycles. The zero-order valence-electron chi connectivity index (χ0n) is 21.2. The van der Waals surface area contributed by atoms with E-state index in [0.29, 0.717) is 11.3 Å². The number of esters is 1. The number of hydrogen-bond donors (Lipinski definition) is 2. The number of thioether (sulfide) groups is 1. The van der Waals surface area contributed by atoms with Crippen molar-refractivity contribution in [2.75, 3.05) is 0 Å². The molecule has 10 heteroatoms. The smallest absolute Gasteiger partial charge is 0.334 e. The van der Waals surface area contributed by atoms with Crippen LogP contribution in [0.1, 0.15) is 28.5 Å². The van der Waals surface area contributed by atoms with Gasteiger partial charge in [-0.25, -0.2) is 4.79 Å². The van der Waals surface area contributed by atoms with Crippen LogP contribution in [0, 0.1) is 0 Å². The third kappa shape index (κ3) is 5.01. The number of amides is 2. The number of ether oxygens (including phenoxy) is 1. The second-order valence-electron chi connectivity index (χ2n) is 9.45. The number of carbonyl (C=O) groups excluding carboxylic acids is 3. The zero-order chi connectivity index (χ0) is 27.5. The minimum Gasteiger partial charge on any atom is -0.451 e. The Bertz CT molecular complexity index is 1490. The summed E-state index contributed by atoms with van der Waals surface area (Å²) in [7, 11) is 0. The number of H-pyrrole nitrogens is 1. The monoisotopic (exact) mass is 551 g/mol. The minimum absolute atomic E-state index is 0.156. The molecule has 9 nitrogen and oxygen atoms in total. The van der Waals surface area contributed by atoms with Gasteiger partial charge in [-0.2, -0.15) is 15.4 Å². The predicted molar refractivity (Wildman–Crippen MR) is 149 cm³/mol. The third-order valence-corrected chi connectivity index (χ3v) is 8.05. The molecule has 0 spiro atoms. The highest BCUT2D eigenvalue weighted by Gasteiger charge is 2.57. The molecule has 2 N–H and O–H groups in total. The number of aromatic nitrogens is 3. The summed E-state index contributed by atoms with van der Waals surface area (Å²) >= 11 is 1.35. The van der Waals surface area contributed by atoms with Crippen LogP contribution in [0.4, 0.5) is 0 Å². The standard InChI is InChI=1S/C30H25N5O4S/c36-24(16-19-10-4-1-5-11-19)32-25-28(37)35-26(22(18-40-29(25)35)23-17-31-34-33-23)30(38)39-27(20-12-6-2-7-13-20)21-14-8-3-9-15-21/h1-15,17-18,25-27,29H,16H2,(H,32,36)(H,31,33,34)/t25?,26?,29-/m1/s1. The van der Waals surface area contributed by atoms with E-state index < -0.39 is 29.5 Å². The average Bonchev–Trinajstić information content (AvgIpc) is 3.54. The molecular weight excluding hydrogens is 526 g/mol. The molecule has 40 heavy (non-hydrogen) atoms. The van der Waals surface area contributed by atoms with Gasteiger partial charge in [0, 0.05) is 5.57 Å². The van der Waals surface area contributed by atoms with Crippen molar-refractivity contribution in [3.8, 4) is 0 Å². The second-order valence-corrected chi connectivity index (χ2v) is 10.4. The SMILES string of the molecule is O=C(Cc1ccccc1)NC1C(=O)N2C(C(=O)OC(c3ccccc3)c3ccccc3)C(c3cn[nH]n3)=CS[C@H]12. The van der Waals surface area contributed by atoms with Gasteiger partial charge in [0.1, 0.15) is 17.1 Å². The van der Waals surface area contributed by atoms with Gasteiger partial charge >= 0.3 is 5.97 Å². The van der Waals surface area contributed by atoms with Gasteiger partial charge in [-0.1, -0.05) is 91.0 Å². The number of nitrogens with one attached hydrogen (secondary N) is 2. The number of nitrogens with zero attached hydrogens (tertiary/aromatic N) is 3. The van der Waals surface area contributed by atoms with Crippen LogP contribution in [0.3, 0.4) is 0 Å². The summed E-state index contributed by atoms with van der Waals surface area (Å²) < 4.78 is 6.16. The molecule has 2 amide bonds. The molecule has 1 fully saturated rings. The van der Waals surface area contributed by atoms with Crippen LogP contribution in [0.5, 0.6) is 0 Å². The highest BCUT2D eigenvalue weighted by atomic mass is 32.2. The van der Waals surface area contributed by atoms with Gasteiger partial charge in [0.05, 0.1) is 12.6 Å². The fourth-order valence-electron chi connectivity index (χ4n) is 4.95. The third-order valence-electron chi connectivity index (χ3n) is 6.88. The summed E-state index contributed by atoms with van der Waals surface area (Å²) in [6, 6.07) is 26.4. The Morgan fingerprint density at radius 2 is 1.57 bits per heavy atom. The molecule has 0 aliphatic carbocycles. The van der Waals surface area contributed by atoms with Gasteiger partial charge < -0.3 is 15.0 Å². The van der Waals surface area contributed by atoms with Gasteiger partial charge in [-0.15, -0.1) is 11.8 Å². The molecule has 1 aromatic heterocycles. The molecule has 0 bridgehead atoms. The second kappa shape index (κ2) is 11.2. The van der Waals surface area contributed by atoms with Crippen LogP contribution in [-0.4, -0.2) is 55.6 Å². The van der Waals surface area contributed by atoms with Crippen molar-refractivity contribution in [2.45, 2.75) is 30.0 Å². The summed E-state index contributed by atoms with van der Waals surface area (Å²) in [6.07, 6.45) is 0.977. The van der Waals surface area contributed by atoms with Gasteiger partial charge in [0.15, 0.2) is 12.1 Å². The molecule has 1 saturated heterocycles. The number of aromatic amines is 1. The van der Waals surface area contributed by atoms with Crippen LogP contribution in [-0.2, 0) is 25.5 Å². The summed E-state index contributed by atoms with van der Waals surface area (Å²) in [5.41, 5.74) is 3.39. The maximum absolute atomic E-state index is 14.0. The molecule has 2 aliphatic heterocycles. The van der Waals surface area contributed by atoms with Crippen molar-refractivity contribution in [1.29, 1.82) is 0 Å². The summed E-state index contributed by atoms with van der Waals surface area (Å²) in [5, 5.41) is 14.8. The van der Waals surface area contributed by atoms with Crippen LogP contribution in [0.25, 0.3) is 5.57 Å². The van der Waals surface area contributed by atoms with Crippen molar-refractivity contribution in [1.82, 2.24) is 25.6 Å². The van der Waals surface area contributed by atoms with Crippen molar-refractivity contribution in [2.24, 2.45) is 0 Å². The van der Waals surface area contributed by atoms with Crippen molar-refractivity contribution < 1.29 is 19.1 Å². The van der Waals surface area contributed by atoms with Gasteiger partial charge in [0.25, 0.3) is 0 Å². The molecule has 4 aromatic rings. The average molecular weight is 552 g/mol. The lowest BCUT2D eigenvalue weighted by molar-refractivity contribution is -0.164. The highest BCUT2D eigenvalue weighted by molar-refractivity contribution is 8.03. The lowest BCUT2D eigenvalue weighted by atomic mass is 9.95. The molecule has 6 rings (SSSR count). The number of fused-ring (bicyclic) bond motifs is 1. The Labute approximate surface area is 234 Å². The van der Waals surface area contributed by atoms with Crippen molar-refractivity contribution >= 4 is 35.1 Å². The predicted octanol–water partition coefficient (Wildman–Crippen LogP) is 3.49. The van der Waals surface area contributed by atoms with E-state index in [1.807, 2.05) is 91.0 Å². The van der Waals surface area contributed by atoms with Crippen LogP contribution >= 0.6 is 11.8 Å². The van der Waals surface area contributed by atoms with E-state index in [9.17, 15) is 14.4 Å². The molecule has 2 aliphatic rings. The van der Waals surface area contributed by atoms with E-state index in [-0.39, 0.29) is 18.2 Å². The Morgan fingerprint density at radius 1 is 0.950 bits per heavy atom. The van der Waals surface area contributed by atoms with Gasteiger partial charge in [-0.05, 0) is 22.1 Å². The maximum atomic E-state index is 14.0. The Balaban J connectivity index is 1.26. The van der Waals surface area contributed by atoms with Crippen LogP contribution in [0.15, 0.2) is 103 Å². The van der Waals surface area contributed by atoms with Crippen LogP contribution in [0.2, 0.25) is 0 Å². The first kappa shape index (κ1) is 25.6. The quantitative estimate of drug-likeness (QED) is 0.254.